The first-order valence-electron chi connectivity index (χ1n) is 9.23. The molecule has 143 valence electrons. The van der Waals surface area contributed by atoms with E-state index in [1.165, 1.54) is 7.91 Å². The molecular weight excluding hydrogens is 515 g/mol. The van der Waals surface area contributed by atoms with Crippen LogP contribution in [-0.4, -0.2) is 11.6 Å². The van der Waals surface area contributed by atoms with Crippen molar-refractivity contribution in [2.75, 3.05) is 0 Å². The number of benzene rings is 2. The molecule has 27 heavy (non-hydrogen) atoms. The second-order valence-corrected chi connectivity index (χ2v) is 12.3. The molecule has 2 aromatic carbocycles. The molecule has 0 saturated carbocycles. The minimum absolute atomic E-state index is 0.100. The molecule has 0 aliphatic heterocycles. The van der Waals surface area contributed by atoms with Crippen molar-refractivity contribution in [2.24, 2.45) is 0 Å². The third-order valence-electron chi connectivity index (χ3n) is 4.42. The molecule has 0 radical (unpaired) electrons. The van der Waals surface area contributed by atoms with E-state index in [1.54, 1.807) is 17.8 Å². The minimum atomic E-state index is -1.81. The Kier molecular flexibility index (Phi) is 6.74. The van der Waals surface area contributed by atoms with Gasteiger partial charge in [-0.1, -0.05) is 0 Å². The van der Waals surface area contributed by atoms with E-state index in [9.17, 15) is 9.59 Å². The van der Waals surface area contributed by atoms with Crippen molar-refractivity contribution in [2.45, 2.75) is 39.5 Å². The number of Topliss-reactive ketones (excluding diaryl/α,β-unsaturated/α-hetero) is 2. The van der Waals surface area contributed by atoms with Crippen LogP contribution in [0.5, 0.6) is 0 Å². The van der Waals surface area contributed by atoms with Gasteiger partial charge in [0.25, 0.3) is 0 Å². The number of carbonyl (C=O) groups excluding carboxylic acids is 2. The molecule has 0 spiro atoms. The van der Waals surface area contributed by atoms with E-state index in [0.717, 1.165) is 36.8 Å². The summed E-state index contributed by atoms with van der Waals surface area (Å²) in [6.07, 6.45) is 11.3. The van der Waals surface area contributed by atoms with Crippen LogP contribution >= 0.6 is 0 Å². The maximum absolute atomic E-state index is 11.6. The van der Waals surface area contributed by atoms with Gasteiger partial charge in [0.2, 0.25) is 0 Å². The van der Waals surface area contributed by atoms with Crippen LogP contribution in [0.3, 0.4) is 0 Å². The Morgan fingerprint density at radius 1 is 0.704 bits per heavy atom. The molecule has 2 nitrogen and oxygen atoms in total. The fourth-order valence-corrected chi connectivity index (χ4v) is 9.32. The van der Waals surface area contributed by atoms with Gasteiger partial charge in [0.05, 0.1) is 0 Å². The van der Waals surface area contributed by atoms with Crippen LogP contribution in [0.1, 0.15) is 60.2 Å². The number of ketones is 2. The van der Waals surface area contributed by atoms with Gasteiger partial charge in [0, 0.05) is 0 Å². The molecule has 0 unspecified atom stereocenters. The van der Waals surface area contributed by atoms with Crippen molar-refractivity contribution < 1.29 is 26.9 Å². The normalized spacial score (nSPS) is 17.9. The first-order chi connectivity index (χ1) is 13.1. The summed E-state index contributed by atoms with van der Waals surface area (Å²) in [5, 5.41) is 0. The van der Waals surface area contributed by atoms with Gasteiger partial charge in [-0.2, -0.15) is 0 Å². The molecule has 1 aliphatic rings. The van der Waals surface area contributed by atoms with Gasteiger partial charge in [-0.3, -0.25) is 0 Å². The topological polar surface area (TPSA) is 34.1 Å². The van der Waals surface area contributed by atoms with E-state index >= 15 is 0 Å². The predicted octanol–water partition coefficient (Wildman–Crippen LogP) is 4.67. The van der Waals surface area contributed by atoms with Gasteiger partial charge in [-0.15, -0.1) is 0 Å². The zero-order valence-electron chi connectivity index (χ0n) is 15.8. The first kappa shape index (κ1) is 19.7. The van der Waals surface area contributed by atoms with Crippen LogP contribution in [0.4, 0.5) is 0 Å². The Hall–Kier alpha value is -2.05. The summed E-state index contributed by atoms with van der Waals surface area (Å²) in [6, 6.07) is 16.4. The standard InChI is InChI=1S/2C8H7O.C8H11.Pt/c2*1-7(9)8-5-3-2-4-6-8;1-2-4-6-8-7-5-3-1;/h2*3-6H,1H3;1-2,7H,3-6H2;/b;;2-1-,8-7?;. The van der Waals surface area contributed by atoms with Crippen LogP contribution in [0.15, 0.2) is 70.7 Å². The Morgan fingerprint density at radius 3 is 1.67 bits per heavy atom. The summed E-state index contributed by atoms with van der Waals surface area (Å²) < 4.78 is 4.25. The molecule has 3 rings (SSSR count). The molecule has 0 N–H and O–H groups in total. The molecule has 0 bridgehead atoms. The molecule has 0 amide bonds. The molecule has 0 heterocycles. The summed E-state index contributed by atoms with van der Waals surface area (Å²) in [4.78, 5) is 23.3. The summed E-state index contributed by atoms with van der Waals surface area (Å²) in [5.74, 6) is 0.200. The van der Waals surface area contributed by atoms with E-state index in [0.29, 0.717) is 0 Å². The zero-order chi connectivity index (χ0) is 19.2. The summed E-state index contributed by atoms with van der Waals surface area (Å²) in [7, 11) is 0. The van der Waals surface area contributed by atoms with Gasteiger partial charge < -0.3 is 0 Å². The monoisotopic (exact) mass is 540 g/mol. The van der Waals surface area contributed by atoms with Crippen LogP contribution in [0.2, 0.25) is 0 Å². The van der Waals surface area contributed by atoms with Gasteiger partial charge in [0.15, 0.2) is 0 Å². The quantitative estimate of drug-likeness (QED) is 0.408. The third kappa shape index (κ3) is 5.02. The average Bonchev–Trinajstić information content (AvgIpc) is 2.64. The predicted molar refractivity (Wildman–Crippen MR) is 108 cm³/mol. The van der Waals surface area contributed by atoms with Crippen molar-refractivity contribution in [1.29, 1.82) is 0 Å². The fraction of sp³-hybridized carbons (Fsp3) is 0.250. The molecule has 2 aromatic rings. The number of rotatable bonds is 5. The summed E-state index contributed by atoms with van der Waals surface area (Å²) >= 11 is -1.81. The molecule has 1 aliphatic carbocycles. The molecule has 0 aromatic heterocycles. The second-order valence-electron chi connectivity index (χ2n) is 6.49. The van der Waals surface area contributed by atoms with E-state index in [4.69, 9.17) is 0 Å². The van der Waals surface area contributed by atoms with E-state index in [1.807, 2.05) is 24.3 Å². The number of hydrogen-bond acceptors (Lipinski definition) is 2. The third-order valence-corrected chi connectivity index (χ3v) is 11.0. The van der Waals surface area contributed by atoms with Crippen LogP contribution < -0.4 is 7.91 Å². The van der Waals surface area contributed by atoms with Gasteiger partial charge in [0.1, 0.15) is 0 Å². The SMILES string of the molecule is CC(=O)c1cc[c]([Pt](/[C]2=C/CC/C=C\CC2)[c]2ccc(C(C)=O)cc2)cc1. The van der Waals surface area contributed by atoms with Crippen molar-refractivity contribution in [3.63, 3.8) is 0 Å². The van der Waals surface area contributed by atoms with E-state index < -0.39 is 17.3 Å². The number of carbonyl (C=O) groups is 2. The van der Waals surface area contributed by atoms with E-state index in [2.05, 4.69) is 42.5 Å². The molecule has 0 saturated heterocycles. The van der Waals surface area contributed by atoms with Gasteiger partial charge >= 0.3 is 168 Å². The average molecular weight is 541 g/mol. The Labute approximate surface area is 167 Å². The molecule has 0 atom stereocenters. The molecule has 3 heteroatoms. The van der Waals surface area contributed by atoms with Crippen LogP contribution in [0.25, 0.3) is 0 Å². The van der Waals surface area contributed by atoms with E-state index in [-0.39, 0.29) is 11.6 Å². The Bertz CT molecular complexity index is 816. The van der Waals surface area contributed by atoms with Crippen molar-refractivity contribution in [1.82, 2.24) is 0 Å². The van der Waals surface area contributed by atoms with Crippen LogP contribution in [-0.2, 0) is 17.3 Å². The zero-order valence-corrected chi connectivity index (χ0v) is 18.1. The molecular formula is C24H25O2Pt. The van der Waals surface area contributed by atoms with Gasteiger partial charge in [-0.05, 0) is 0 Å². The second kappa shape index (κ2) is 9.24. The van der Waals surface area contributed by atoms with Crippen molar-refractivity contribution >= 4 is 19.5 Å². The molecule has 0 fully saturated rings. The van der Waals surface area contributed by atoms with Crippen LogP contribution in [0, 0.1) is 0 Å². The Morgan fingerprint density at radius 2 is 1.19 bits per heavy atom. The van der Waals surface area contributed by atoms with Crippen molar-refractivity contribution in [3.05, 3.63) is 81.8 Å². The summed E-state index contributed by atoms with van der Waals surface area (Å²) in [5.41, 5.74) is 1.52. The first-order valence-corrected chi connectivity index (χ1v) is 12.6. The fourth-order valence-electron chi connectivity index (χ4n) is 2.92. The maximum atomic E-state index is 11.6. The van der Waals surface area contributed by atoms with Gasteiger partial charge in [-0.25, -0.2) is 0 Å². The summed E-state index contributed by atoms with van der Waals surface area (Å²) in [6.45, 7) is 3.21. The Balaban J connectivity index is 2.02. The number of hydrogen-bond donors (Lipinski definition) is 0. The van der Waals surface area contributed by atoms with Crippen molar-refractivity contribution in [3.8, 4) is 0 Å². The number of allylic oxidation sites excluding steroid dienone is 4.